The van der Waals surface area contributed by atoms with Gasteiger partial charge in [-0.2, -0.15) is 0 Å². The maximum Gasteiger partial charge on any atom is 0.155 e. The average Bonchev–Trinajstić information content (AvgIpc) is 2.70. The normalized spacial score (nSPS) is 32.9. The van der Waals surface area contributed by atoms with Gasteiger partial charge in [0.15, 0.2) is 5.78 Å². The molecule has 0 bridgehead atoms. The molecule has 0 radical (unpaired) electrons. The van der Waals surface area contributed by atoms with E-state index in [1.807, 2.05) is 13.0 Å². The third-order valence-electron chi connectivity index (χ3n) is 3.60. The van der Waals surface area contributed by atoms with Crippen LogP contribution in [-0.2, 0) is 4.79 Å². The lowest BCUT2D eigenvalue weighted by Crippen LogP contribution is -1.90. The SMILES string of the molecule is C=CC=C1CC2C(C=CC(=O)CC)C2C1. The van der Waals surface area contributed by atoms with Crippen LogP contribution in [0.5, 0.6) is 0 Å². The molecule has 2 fully saturated rings. The Morgan fingerprint density at radius 3 is 2.67 bits per heavy atom. The van der Waals surface area contributed by atoms with Crippen molar-refractivity contribution in [2.75, 3.05) is 0 Å². The minimum atomic E-state index is 0.252. The Morgan fingerprint density at radius 1 is 1.47 bits per heavy atom. The summed E-state index contributed by atoms with van der Waals surface area (Å²) in [5.74, 6) is 2.57. The molecule has 2 rings (SSSR count). The zero-order valence-corrected chi connectivity index (χ0v) is 9.28. The minimum absolute atomic E-state index is 0.252. The molecule has 2 unspecified atom stereocenters. The van der Waals surface area contributed by atoms with Crippen molar-refractivity contribution in [3.8, 4) is 0 Å². The summed E-state index contributed by atoms with van der Waals surface area (Å²) in [7, 11) is 0. The lowest BCUT2D eigenvalue weighted by Gasteiger charge is -2.00. The Hall–Kier alpha value is -1.11. The van der Waals surface area contributed by atoms with Gasteiger partial charge < -0.3 is 0 Å². The van der Waals surface area contributed by atoms with Crippen LogP contribution in [0.3, 0.4) is 0 Å². The molecular formula is C14H18O. The van der Waals surface area contributed by atoms with Crippen molar-refractivity contribution in [1.82, 2.24) is 0 Å². The summed E-state index contributed by atoms with van der Waals surface area (Å²) in [6, 6.07) is 0. The Kier molecular flexibility index (Phi) is 2.90. The number of carbonyl (C=O) groups is 1. The second-order valence-corrected chi connectivity index (χ2v) is 4.55. The quantitative estimate of drug-likeness (QED) is 0.639. The summed E-state index contributed by atoms with van der Waals surface area (Å²) in [4.78, 5) is 11.1. The number of carbonyl (C=O) groups excluding carboxylic acids is 1. The second kappa shape index (κ2) is 4.18. The standard InChI is InChI=1S/C14H18O/c1-3-5-10-8-13-12(14(13)9-10)7-6-11(15)4-2/h3,5-7,12-14H,1,4,8-9H2,2H3. The van der Waals surface area contributed by atoms with Crippen LogP contribution in [0.2, 0.25) is 0 Å². The summed E-state index contributed by atoms with van der Waals surface area (Å²) >= 11 is 0. The maximum absolute atomic E-state index is 11.1. The van der Waals surface area contributed by atoms with Crippen molar-refractivity contribution in [3.05, 3.63) is 36.5 Å². The van der Waals surface area contributed by atoms with Crippen molar-refractivity contribution >= 4 is 5.78 Å². The fourth-order valence-electron chi connectivity index (χ4n) is 2.66. The van der Waals surface area contributed by atoms with Gasteiger partial charge in [-0.3, -0.25) is 4.79 Å². The van der Waals surface area contributed by atoms with Gasteiger partial charge in [-0.05, 0) is 36.7 Å². The van der Waals surface area contributed by atoms with Crippen molar-refractivity contribution in [2.45, 2.75) is 26.2 Å². The van der Waals surface area contributed by atoms with Crippen LogP contribution in [0, 0.1) is 17.8 Å². The second-order valence-electron chi connectivity index (χ2n) is 4.55. The van der Waals surface area contributed by atoms with Crippen molar-refractivity contribution in [1.29, 1.82) is 0 Å². The van der Waals surface area contributed by atoms with Crippen molar-refractivity contribution in [2.24, 2.45) is 17.8 Å². The molecule has 1 heteroatoms. The molecule has 0 aromatic heterocycles. The summed E-state index contributed by atoms with van der Waals surface area (Å²) < 4.78 is 0. The molecule has 0 aromatic rings. The molecule has 2 atom stereocenters. The van der Waals surface area contributed by atoms with E-state index in [4.69, 9.17) is 0 Å². The first-order chi connectivity index (χ1) is 7.26. The fraction of sp³-hybridized carbons (Fsp3) is 0.500. The van der Waals surface area contributed by atoms with E-state index < -0.39 is 0 Å². The highest BCUT2D eigenvalue weighted by Gasteiger charge is 2.52. The molecule has 0 aromatic carbocycles. The van der Waals surface area contributed by atoms with Crippen LogP contribution in [-0.4, -0.2) is 5.78 Å². The summed E-state index contributed by atoms with van der Waals surface area (Å²) in [5, 5.41) is 0. The van der Waals surface area contributed by atoms with Gasteiger partial charge in [-0.1, -0.05) is 37.3 Å². The molecule has 0 heterocycles. The van der Waals surface area contributed by atoms with E-state index in [0.717, 1.165) is 11.8 Å². The highest BCUT2D eigenvalue weighted by atomic mass is 16.1. The first kappa shape index (κ1) is 10.4. The molecule has 0 N–H and O–H groups in total. The number of hydrogen-bond acceptors (Lipinski definition) is 1. The molecule has 2 aliphatic carbocycles. The van der Waals surface area contributed by atoms with Crippen LogP contribution in [0.4, 0.5) is 0 Å². The average molecular weight is 202 g/mol. The van der Waals surface area contributed by atoms with E-state index in [1.165, 1.54) is 18.4 Å². The predicted molar refractivity (Wildman–Crippen MR) is 62.4 cm³/mol. The minimum Gasteiger partial charge on any atom is -0.295 e. The smallest absolute Gasteiger partial charge is 0.155 e. The van der Waals surface area contributed by atoms with Crippen LogP contribution in [0.1, 0.15) is 26.2 Å². The topological polar surface area (TPSA) is 17.1 Å². The fourth-order valence-corrected chi connectivity index (χ4v) is 2.66. The molecule has 80 valence electrons. The first-order valence-electron chi connectivity index (χ1n) is 5.77. The van der Waals surface area contributed by atoms with Crippen molar-refractivity contribution < 1.29 is 4.79 Å². The molecule has 0 amide bonds. The van der Waals surface area contributed by atoms with E-state index in [-0.39, 0.29) is 5.78 Å². The monoisotopic (exact) mass is 202 g/mol. The highest BCUT2D eigenvalue weighted by molar-refractivity contribution is 5.89. The number of hydrogen-bond donors (Lipinski definition) is 0. The number of rotatable bonds is 4. The summed E-state index contributed by atoms with van der Waals surface area (Å²) in [5.41, 5.74) is 1.53. The van der Waals surface area contributed by atoms with E-state index in [0.29, 0.717) is 12.3 Å². The molecule has 15 heavy (non-hydrogen) atoms. The van der Waals surface area contributed by atoms with Gasteiger partial charge in [0.2, 0.25) is 0 Å². The molecule has 0 aliphatic heterocycles. The van der Waals surface area contributed by atoms with E-state index >= 15 is 0 Å². The summed E-state index contributed by atoms with van der Waals surface area (Å²) in [6.45, 7) is 5.63. The van der Waals surface area contributed by atoms with E-state index in [9.17, 15) is 4.79 Å². The Bertz CT molecular complexity index is 321. The largest absolute Gasteiger partial charge is 0.295 e. The van der Waals surface area contributed by atoms with Gasteiger partial charge in [-0.25, -0.2) is 0 Å². The Balaban J connectivity index is 1.84. The highest BCUT2D eigenvalue weighted by Crippen LogP contribution is 2.60. The lowest BCUT2D eigenvalue weighted by atomic mass is 10.1. The molecule has 1 nitrogen and oxygen atoms in total. The van der Waals surface area contributed by atoms with E-state index in [1.54, 1.807) is 6.08 Å². The molecule has 0 saturated heterocycles. The molecular weight excluding hydrogens is 184 g/mol. The predicted octanol–water partition coefficient (Wildman–Crippen LogP) is 3.29. The van der Waals surface area contributed by atoms with Crippen molar-refractivity contribution in [3.63, 3.8) is 0 Å². The van der Waals surface area contributed by atoms with Crippen LogP contribution in [0.25, 0.3) is 0 Å². The molecule has 2 aliphatic rings. The van der Waals surface area contributed by atoms with Gasteiger partial charge in [0.1, 0.15) is 0 Å². The van der Waals surface area contributed by atoms with E-state index in [2.05, 4.69) is 18.7 Å². The Morgan fingerprint density at radius 2 is 2.13 bits per heavy atom. The zero-order chi connectivity index (χ0) is 10.8. The van der Waals surface area contributed by atoms with Gasteiger partial charge in [0, 0.05) is 6.42 Å². The third-order valence-corrected chi connectivity index (χ3v) is 3.60. The molecule has 2 saturated carbocycles. The van der Waals surface area contributed by atoms with Crippen LogP contribution >= 0.6 is 0 Å². The first-order valence-corrected chi connectivity index (χ1v) is 5.77. The number of allylic oxidation sites excluding steroid dienone is 5. The molecule has 0 spiro atoms. The third kappa shape index (κ3) is 2.11. The number of ketones is 1. The Labute approximate surface area is 91.6 Å². The lowest BCUT2D eigenvalue weighted by molar-refractivity contribution is -0.114. The zero-order valence-electron chi connectivity index (χ0n) is 9.28. The van der Waals surface area contributed by atoms with Crippen LogP contribution < -0.4 is 0 Å². The van der Waals surface area contributed by atoms with Gasteiger partial charge in [-0.15, -0.1) is 0 Å². The van der Waals surface area contributed by atoms with Gasteiger partial charge >= 0.3 is 0 Å². The van der Waals surface area contributed by atoms with Gasteiger partial charge in [0.05, 0.1) is 0 Å². The van der Waals surface area contributed by atoms with Gasteiger partial charge in [0.25, 0.3) is 0 Å². The summed E-state index contributed by atoms with van der Waals surface area (Å²) in [6.07, 6.45) is 11.0. The van der Waals surface area contributed by atoms with Crippen LogP contribution in [0.15, 0.2) is 36.5 Å². The maximum atomic E-state index is 11.1. The number of fused-ring (bicyclic) bond motifs is 1.